The number of hydrogen-bond acceptors (Lipinski definition) is 4. The van der Waals surface area contributed by atoms with Gasteiger partial charge in [-0.15, -0.1) is 0 Å². The molecule has 2 rings (SSSR count). The van der Waals surface area contributed by atoms with Crippen molar-refractivity contribution in [2.45, 2.75) is 10.6 Å². The highest BCUT2D eigenvalue weighted by Crippen LogP contribution is 2.27. The van der Waals surface area contributed by atoms with Crippen LogP contribution in [-0.2, 0) is 15.6 Å². The van der Waals surface area contributed by atoms with Gasteiger partial charge in [-0.25, -0.2) is 12.8 Å². The maximum absolute atomic E-state index is 13.7. The lowest BCUT2D eigenvalue weighted by molar-refractivity contribution is 0.402. The summed E-state index contributed by atoms with van der Waals surface area (Å²) in [5.74, 6) is -0.990. The molecule has 0 atom stereocenters. The molecule has 0 aliphatic carbocycles. The monoisotopic (exact) mass is 305 g/mol. The van der Waals surface area contributed by atoms with Gasteiger partial charge >= 0.3 is 0 Å². The summed E-state index contributed by atoms with van der Waals surface area (Å²) in [6.45, 7) is 0. The molecule has 0 bridgehead atoms. The summed E-state index contributed by atoms with van der Waals surface area (Å²) in [6.07, 6.45) is 0. The van der Waals surface area contributed by atoms with Gasteiger partial charge in [0.2, 0.25) is 0 Å². The van der Waals surface area contributed by atoms with Gasteiger partial charge < -0.3 is 4.74 Å². The third kappa shape index (κ3) is 3.20. The zero-order valence-electron chi connectivity index (χ0n) is 11.2. The first kappa shape index (κ1) is 15.0. The molecule has 0 aliphatic rings. The van der Waals surface area contributed by atoms with Crippen molar-refractivity contribution in [3.8, 4) is 11.8 Å². The molecule has 21 heavy (non-hydrogen) atoms. The topological polar surface area (TPSA) is 67.2 Å². The standard InChI is InChI=1S/C15H12FNO3S/c1-20-14-4-2-3-5-15(14)21(18,19)10-12-8-11(9-17)6-7-13(12)16/h2-8H,10H2,1H3. The maximum Gasteiger partial charge on any atom is 0.186 e. The van der Waals surface area contributed by atoms with Gasteiger partial charge in [-0.1, -0.05) is 12.1 Å². The lowest BCUT2D eigenvalue weighted by Gasteiger charge is -2.10. The predicted octanol–water partition coefficient (Wildman–Crippen LogP) is 2.68. The Hall–Kier alpha value is -2.39. The molecule has 0 unspecified atom stereocenters. The van der Waals surface area contributed by atoms with E-state index in [1.807, 2.05) is 6.07 Å². The summed E-state index contributed by atoms with van der Waals surface area (Å²) in [4.78, 5) is -0.00531. The number of para-hydroxylation sites is 1. The van der Waals surface area contributed by atoms with Gasteiger partial charge in [-0.05, 0) is 30.3 Å². The number of sulfone groups is 1. The molecule has 0 amide bonds. The van der Waals surface area contributed by atoms with E-state index in [1.165, 1.54) is 31.4 Å². The van der Waals surface area contributed by atoms with E-state index >= 15 is 0 Å². The highest BCUT2D eigenvalue weighted by Gasteiger charge is 2.21. The molecule has 0 heterocycles. The number of benzene rings is 2. The van der Waals surface area contributed by atoms with Gasteiger partial charge in [0.1, 0.15) is 16.5 Å². The van der Waals surface area contributed by atoms with Crippen molar-refractivity contribution in [1.29, 1.82) is 5.26 Å². The Bertz CT molecular complexity index is 810. The molecule has 0 radical (unpaired) electrons. The van der Waals surface area contributed by atoms with E-state index in [4.69, 9.17) is 10.00 Å². The van der Waals surface area contributed by atoms with Crippen molar-refractivity contribution in [2.75, 3.05) is 7.11 Å². The number of methoxy groups -OCH3 is 1. The van der Waals surface area contributed by atoms with Crippen LogP contribution in [0.2, 0.25) is 0 Å². The van der Waals surface area contributed by atoms with E-state index in [1.54, 1.807) is 12.1 Å². The summed E-state index contributed by atoms with van der Waals surface area (Å²) < 4.78 is 43.6. The predicted molar refractivity (Wildman–Crippen MR) is 75.0 cm³/mol. The smallest absolute Gasteiger partial charge is 0.186 e. The Morgan fingerprint density at radius 3 is 2.62 bits per heavy atom. The number of halogens is 1. The summed E-state index contributed by atoms with van der Waals surface area (Å²) in [7, 11) is -2.41. The average molecular weight is 305 g/mol. The van der Waals surface area contributed by atoms with Crippen LogP contribution < -0.4 is 4.74 Å². The second-order valence-electron chi connectivity index (χ2n) is 4.33. The summed E-state index contributed by atoms with van der Waals surface area (Å²) in [5.41, 5.74) is 0.168. The fourth-order valence-electron chi connectivity index (χ4n) is 1.91. The van der Waals surface area contributed by atoms with Crippen molar-refractivity contribution < 1.29 is 17.5 Å². The number of nitriles is 1. The largest absolute Gasteiger partial charge is 0.495 e. The summed E-state index contributed by atoms with van der Waals surface area (Å²) >= 11 is 0. The molecule has 0 aromatic heterocycles. The molecule has 4 nitrogen and oxygen atoms in total. The lowest BCUT2D eigenvalue weighted by Crippen LogP contribution is -2.08. The van der Waals surface area contributed by atoms with Gasteiger partial charge in [0.15, 0.2) is 9.84 Å². The highest BCUT2D eigenvalue weighted by molar-refractivity contribution is 7.90. The molecule has 0 saturated heterocycles. The van der Waals surface area contributed by atoms with Crippen molar-refractivity contribution in [3.05, 3.63) is 59.4 Å². The number of ether oxygens (including phenoxy) is 1. The molecule has 2 aromatic rings. The van der Waals surface area contributed by atoms with Crippen LogP contribution in [0.25, 0.3) is 0 Å². The summed E-state index contributed by atoms with van der Waals surface area (Å²) in [5, 5.41) is 8.81. The van der Waals surface area contributed by atoms with Crippen LogP contribution in [0, 0.1) is 17.1 Å². The first-order chi connectivity index (χ1) is 9.97. The number of hydrogen-bond donors (Lipinski definition) is 0. The second kappa shape index (κ2) is 5.94. The van der Waals surface area contributed by atoms with Crippen molar-refractivity contribution in [3.63, 3.8) is 0 Å². The molecule has 0 saturated carbocycles. The molecule has 0 aliphatic heterocycles. The molecule has 0 N–H and O–H groups in total. The van der Waals surface area contributed by atoms with Crippen LogP contribution >= 0.6 is 0 Å². The third-order valence-corrected chi connectivity index (χ3v) is 4.62. The molecule has 0 spiro atoms. The highest BCUT2D eigenvalue weighted by atomic mass is 32.2. The Morgan fingerprint density at radius 1 is 1.24 bits per heavy atom. The van der Waals surface area contributed by atoms with E-state index in [0.29, 0.717) is 0 Å². The van der Waals surface area contributed by atoms with E-state index < -0.39 is 21.4 Å². The zero-order chi connectivity index (χ0) is 15.5. The van der Waals surface area contributed by atoms with Crippen LogP contribution in [-0.4, -0.2) is 15.5 Å². The van der Waals surface area contributed by atoms with Crippen LogP contribution in [0.3, 0.4) is 0 Å². The quantitative estimate of drug-likeness (QED) is 0.871. The fourth-order valence-corrected chi connectivity index (χ4v) is 3.44. The van der Waals surface area contributed by atoms with Crippen LogP contribution in [0.4, 0.5) is 4.39 Å². The Balaban J connectivity index is 2.45. The van der Waals surface area contributed by atoms with E-state index in [-0.39, 0.29) is 21.8 Å². The molecule has 6 heteroatoms. The first-order valence-electron chi connectivity index (χ1n) is 6.02. The molecule has 2 aromatic carbocycles. The van der Waals surface area contributed by atoms with Crippen molar-refractivity contribution in [1.82, 2.24) is 0 Å². The van der Waals surface area contributed by atoms with E-state index in [9.17, 15) is 12.8 Å². The Morgan fingerprint density at radius 2 is 1.95 bits per heavy atom. The Kier molecular flexibility index (Phi) is 4.24. The van der Waals surface area contributed by atoms with Gasteiger partial charge in [-0.2, -0.15) is 5.26 Å². The minimum atomic E-state index is -3.78. The third-order valence-electron chi connectivity index (χ3n) is 2.92. The second-order valence-corrected chi connectivity index (χ2v) is 6.29. The Labute approximate surface area is 122 Å². The van der Waals surface area contributed by atoms with Gasteiger partial charge in [0, 0.05) is 5.56 Å². The van der Waals surface area contributed by atoms with Gasteiger partial charge in [0.25, 0.3) is 0 Å². The fraction of sp³-hybridized carbons (Fsp3) is 0.133. The molecular formula is C15H12FNO3S. The SMILES string of the molecule is COc1ccccc1S(=O)(=O)Cc1cc(C#N)ccc1F. The van der Waals surface area contributed by atoms with Crippen molar-refractivity contribution in [2.24, 2.45) is 0 Å². The van der Waals surface area contributed by atoms with Crippen LogP contribution in [0.15, 0.2) is 47.4 Å². The van der Waals surface area contributed by atoms with Crippen LogP contribution in [0.1, 0.15) is 11.1 Å². The van der Waals surface area contributed by atoms with E-state index in [2.05, 4.69) is 0 Å². The van der Waals surface area contributed by atoms with Crippen molar-refractivity contribution >= 4 is 9.84 Å². The molecule has 108 valence electrons. The minimum absolute atomic E-state index is 0.00531. The molecule has 0 fully saturated rings. The normalized spacial score (nSPS) is 10.9. The summed E-state index contributed by atoms with van der Waals surface area (Å²) in [6, 6.07) is 11.6. The minimum Gasteiger partial charge on any atom is -0.495 e. The van der Waals surface area contributed by atoms with Gasteiger partial charge in [-0.3, -0.25) is 0 Å². The zero-order valence-corrected chi connectivity index (χ0v) is 12.0. The van der Waals surface area contributed by atoms with Crippen LogP contribution in [0.5, 0.6) is 5.75 Å². The maximum atomic E-state index is 13.7. The number of rotatable bonds is 4. The first-order valence-corrected chi connectivity index (χ1v) is 7.67. The average Bonchev–Trinajstić information content (AvgIpc) is 2.49. The number of nitrogens with zero attached hydrogens (tertiary/aromatic N) is 1. The van der Waals surface area contributed by atoms with E-state index in [0.717, 1.165) is 6.07 Å². The lowest BCUT2D eigenvalue weighted by atomic mass is 10.1. The molecular weight excluding hydrogens is 293 g/mol. The van der Waals surface area contributed by atoms with Gasteiger partial charge in [0.05, 0.1) is 24.5 Å².